The van der Waals surface area contributed by atoms with E-state index in [2.05, 4.69) is 5.92 Å². The van der Waals surface area contributed by atoms with Crippen LogP contribution < -0.4 is 5.73 Å². The maximum absolute atomic E-state index is 12.7. The maximum atomic E-state index is 12.7. The van der Waals surface area contributed by atoms with Gasteiger partial charge in [0.2, 0.25) is 5.91 Å². The van der Waals surface area contributed by atoms with Gasteiger partial charge in [-0.05, 0) is 13.3 Å². The fraction of sp³-hybridized carbons (Fsp3) is 0.769. The molecule has 1 amide bonds. The Bertz CT molecular complexity index is 539. The molecule has 2 rings (SSSR count). The number of carbonyl (C=O) groups is 1. The van der Waals surface area contributed by atoms with Crippen molar-refractivity contribution < 1.29 is 17.9 Å². The number of terminal acetylenes is 1. The van der Waals surface area contributed by atoms with E-state index in [0.29, 0.717) is 13.0 Å². The Kier molecular flexibility index (Phi) is 4.09. The van der Waals surface area contributed by atoms with Gasteiger partial charge in [-0.2, -0.15) is 0 Å². The molecular weight excluding hydrogens is 280 g/mol. The molecule has 0 saturated carbocycles. The lowest BCUT2D eigenvalue weighted by Gasteiger charge is -2.35. The van der Waals surface area contributed by atoms with Crippen molar-refractivity contribution in [2.45, 2.75) is 25.4 Å². The molecule has 6 nitrogen and oxygen atoms in total. The van der Waals surface area contributed by atoms with Gasteiger partial charge in [-0.1, -0.05) is 5.92 Å². The Morgan fingerprint density at radius 1 is 1.60 bits per heavy atom. The first-order chi connectivity index (χ1) is 9.30. The molecule has 0 radical (unpaired) electrons. The van der Waals surface area contributed by atoms with Crippen LogP contribution in [0.25, 0.3) is 0 Å². The normalized spacial score (nSPS) is 35.6. The van der Waals surface area contributed by atoms with Crippen LogP contribution in [0.15, 0.2) is 0 Å². The Hall–Kier alpha value is -1.10. The molecule has 0 spiro atoms. The SMILES string of the molecule is C#CCN(C(=O)C1(C)COCC1N)C1CCS(=O)(=O)C1. The average Bonchev–Trinajstić information content (AvgIpc) is 2.90. The number of hydrogen-bond acceptors (Lipinski definition) is 5. The highest BCUT2D eigenvalue weighted by Crippen LogP contribution is 2.31. The Labute approximate surface area is 119 Å². The van der Waals surface area contributed by atoms with Crippen LogP contribution in [0.1, 0.15) is 13.3 Å². The largest absolute Gasteiger partial charge is 0.379 e. The van der Waals surface area contributed by atoms with Gasteiger partial charge in [-0.15, -0.1) is 6.42 Å². The van der Waals surface area contributed by atoms with Crippen molar-refractivity contribution in [3.05, 3.63) is 0 Å². The summed E-state index contributed by atoms with van der Waals surface area (Å²) in [6.45, 7) is 2.42. The maximum Gasteiger partial charge on any atom is 0.233 e. The van der Waals surface area contributed by atoms with Gasteiger partial charge in [0.25, 0.3) is 0 Å². The molecule has 2 N–H and O–H groups in total. The van der Waals surface area contributed by atoms with E-state index in [9.17, 15) is 13.2 Å². The van der Waals surface area contributed by atoms with Crippen molar-refractivity contribution in [1.29, 1.82) is 0 Å². The lowest BCUT2D eigenvalue weighted by molar-refractivity contribution is -0.143. The Balaban J connectivity index is 2.21. The lowest BCUT2D eigenvalue weighted by atomic mass is 9.83. The summed E-state index contributed by atoms with van der Waals surface area (Å²) in [5.41, 5.74) is 5.13. The Morgan fingerprint density at radius 2 is 2.30 bits per heavy atom. The van der Waals surface area contributed by atoms with Crippen molar-refractivity contribution in [2.24, 2.45) is 11.1 Å². The third-order valence-corrected chi connectivity index (χ3v) is 5.93. The molecule has 112 valence electrons. The number of nitrogens with zero attached hydrogens (tertiary/aromatic N) is 1. The summed E-state index contributed by atoms with van der Waals surface area (Å²) in [4.78, 5) is 14.2. The van der Waals surface area contributed by atoms with Crippen molar-refractivity contribution in [1.82, 2.24) is 4.90 Å². The molecule has 2 heterocycles. The summed E-state index contributed by atoms with van der Waals surface area (Å²) >= 11 is 0. The molecule has 0 aromatic carbocycles. The van der Waals surface area contributed by atoms with Crippen LogP contribution in [0, 0.1) is 17.8 Å². The van der Waals surface area contributed by atoms with E-state index < -0.39 is 21.3 Å². The van der Waals surface area contributed by atoms with Gasteiger partial charge < -0.3 is 15.4 Å². The molecule has 20 heavy (non-hydrogen) atoms. The van der Waals surface area contributed by atoms with Crippen molar-refractivity contribution in [3.63, 3.8) is 0 Å². The predicted molar refractivity (Wildman–Crippen MR) is 74.5 cm³/mol. The van der Waals surface area contributed by atoms with Gasteiger partial charge >= 0.3 is 0 Å². The second-order valence-electron chi connectivity index (χ2n) is 5.73. The van der Waals surface area contributed by atoms with E-state index in [-0.39, 0.29) is 36.6 Å². The summed E-state index contributed by atoms with van der Waals surface area (Å²) in [6, 6.07) is -0.749. The number of rotatable bonds is 3. The van der Waals surface area contributed by atoms with Crippen molar-refractivity contribution in [3.8, 4) is 12.3 Å². The second kappa shape index (κ2) is 5.35. The first kappa shape index (κ1) is 15.3. The smallest absolute Gasteiger partial charge is 0.233 e. The third kappa shape index (κ3) is 2.68. The summed E-state index contributed by atoms with van der Waals surface area (Å²) in [7, 11) is -3.07. The number of amides is 1. The summed E-state index contributed by atoms with van der Waals surface area (Å²) < 4.78 is 28.5. The van der Waals surface area contributed by atoms with E-state index in [4.69, 9.17) is 16.9 Å². The molecular formula is C13H20N2O4S. The minimum atomic E-state index is -3.07. The van der Waals surface area contributed by atoms with Crippen LogP contribution in [0.3, 0.4) is 0 Å². The molecule has 7 heteroatoms. The van der Waals surface area contributed by atoms with Gasteiger partial charge in [0.1, 0.15) is 0 Å². The van der Waals surface area contributed by atoms with Crippen LogP contribution in [0.5, 0.6) is 0 Å². The minimum absolute atomic E-state index is 0.0212. The van der Waals surface area contributed by atoms with Gasteiger partial charge in [-0.3, -0.25) is 4.79 Å². The van der Waals surface area contributed by atoms with E-state index in [1.165, 1.54) is 4.90 Å². The first-order valence-corrected chi connectivity index (χ1v) is 8.40. The predicted octanol–water partition coefficient (Wildman–Crippen LogP) is -1.00. The van der Waals surface area contributed by atoms with Gasteiger partial charge in [0.05, 0.1) is 36.7 Å². The van der Waals surface area contributed by atoms with Crippen LogP contribution in [-0.2, 0) is 19.4 Å². The van der Waals surface area contributed by atoms with Gasteiger partial charge in [0, 0.05) is 12.1 Å². The third-order valence-electron chi connectivity index (χ3n) is 4.18. The molecule has 2 saturated heterocycles. The van der Waals surface area contributed by atoms with E-state index in [1.807, 2.05) is 0 Å². The van der Waals surface area contributed by atoms with Gasteiger partial charge in [-0.25, -0.2) is 8.42 Å². The summed E-state index contributed by atoms with van der Waals surface area (Å²) in [6.07, 6.45) is 5.76. The van der Waals surface area contributed by atoms with E-state index >= 15 is 0 Å². The summed E-state index contributed by atoms with van der Waals surface area (Å²) in [5.74, 6) is 2.31. The summed E-state index contributed by atoms with van der Waals surface area (Å²) in [5, 5.41) is 0. The molecule has 0 bridgehead atoms. The average molecular weight is 300 g/mol. The van der Waals surface area contributed by atoms with E-state index in [1.54, 1.807) is 6.92 Å². The second-order valence-corrected chi connectivity index (χ2v) is 7.96. The minimum Gasteiger partial charge on any atom is -0.379 e. The fourth-order valence-corrected chi connectivity index (χ4v) is 4.45. The zero-order chi connectivity index (χ0) is 15.0. The number of nitrogens with two attached hydrogens (primary N) is 1. The van der Waals surface area contributed by atoms with Crippen molar-refractivity contribution >= 4 is 15.7 Å². The Morgan fingerprint density at radius 3 is 2.75 bits per heavy atom. The fourth-order valence-electron chi connectivity index (χ4n) is 2.72. The van der Waals surface area contributed by atoms with E-state index in [0.717, 1.165) is 0 Å². The zero-order valence-corrected chi connectivity index (χ0v) is 12.4. The highest BCUT2D eigenvalue weighted by Gasteiger charge is 2.48. The number of carbonyl (C=O) groups excluding carboxylic acids is 1. The number of hydrogen-bond donors (Lipinski definition) is 1. The van der Waals surface area contributed by atoms with Crippen LogP contribution >= 0.6 is 0 Å². The zero-order valence-electron chi connectivity index (χ0n) is 11.5. The van der Waals surface area contributed by atoms with Crippen molar-refractivity contribution in [2.75, 3.05) is 31.3 Å². The van der Waals surface area contributed by atoms with Gasteiger partial charge in [0.15, 0.2) is 9.84 Å². The lowest BCUT2D eigenvalue weighted by Crippen LogP contribution is -2.54. The van der Waals surface area contributed by atoms with Crippen LogP contribution in [-0.4, -0.2) is 62.6 Å². The topological polar surface area (TPSA) is 89.7 Å². The highest BCUT2D eigenvalue weighted by atomic mass is 32.2. The monoisotopic (exact) mass is 300 g/mol. The molecule has 3 atom stereocenters. The number of ether oxygens (including phenoxy) is 1. The molecule has 0 aromatic heterocycles. The van der Waals surface area contributed by atoms with Crippen LogP contribution in [0.2, 0.25) is 0 Å². The quantitative estimate of drug-likeness (QED) is 0.675. The molecule has 2 aliphatic heterocycles. The standard InChI is InChI=1S/C13H20N2O4S/c1-3-5-15(10-4-6-20(17,18)8-10)12(16)13(2)9-19-7-11(13)14/h1,10-11H,4-9,14H2,2H3. The molecule has 0 aliphatic carbocycles. The molecule has 2 aliphatic rings. The molecule has 2 fully saturated rings. The highest BCUT2D eigenvalue weighted by molar-refractivity contribution is 7.91. The van der Waals surface area contributed by atoms with Crippen LogP contribution in [0.4, 0.5) is 0 Å². The first-order valence-electron chi connectivity index (χ1n) is 6.58. The molecule has 0 aromatic rings. The number of sulfone groups is 1. The molecule has 3 unspecified atom stereocenters.